The van der Waals surface area contributed by atoms with Crippen LogP contribution in [0.15, 0.2) is 65.6 Å². The van der Waals surface area contributed by atoms with Crippen LogP contribution in [0.5, 0.6) is 0 Å². The highest BCUT2D eigenvalue weighted by molar-refractivity contribution is 5.97. The number of rotatable bonds is 5. The Balaban J connectivity index is 2.11. The van der Waals surface area contributed by atoms with E-state index >= 15 is 0 Å². The molecule has 1 amide bonds. The van der Waals surface area contributed by atoms with Gasteiger partial charge in [0.25, 0.3) is 5.91 Å². The summed E-state index contributed by atoms with van der Waals surface area (Å²) in [5.74, 6) is -0.473. The van der Waals surface area contributed by atoms with E-state index in [4.69, 9.17) is 5.11 Å². The number of nitrogens with zero attached hydrogens (tertiary/aromatic N) is 1. The van der Waals surface area contributed by atoms with E-state index in [0.717, 1.165) is 11.1 Å². The van der Waals surface area contributed by atoms with Crippen LogP contribution in [0.3, 0.4) is 0 Å². The third-order valence-corrected chi connectivity index (χ3v) is 4.08. The van der Waals surface area contributed by atoms with Gasteiger partial charge in [0.15, 0.2) is 0 Å². The zero-order chi connectivity index (χ0) is 17.8. The molecule has 0 aliphatic heterocycles. The average Bonchev–Trinajstić information content (AvgIpc) is 2.64. The zero-order valence-corrected chi connectivity index (χ0v) is 14.0. The summed E-state index contributed by atoms with van der Waals surface area (Å²) >= 11 is 0. The van der Waals surface area contributed by atoms with Crippen molar-refractivity contribution in [3.63, 3.8) is 0 Å². The molecule has 3 rings (SSSR count). The van der Waals surface area contributed by atoms with Crippen molar-refractivity contribution in [2.45, 2.75) is 19.5 Å². The van der Waals surface area contributed by atoms with Gasteiger partial charge in [-0.2, -0.15) is 0 Å². The van der Waals surface area contributed by atoms with Gasteiger partial charge in [-0.3, -0.25) is 9.59 Å². The van der Waals surface area contributed by atoms with E-state index < -0.39 is 11.9 Å². The maximum absolute atomic E-state index is 12.7. The summed E-state index contributed by atoms with van der Waals surface area (Å²) in [7, 11) is 0. The molecule has 0 aliphatic carbocycles. The lowest BCUT2D eigenvalue weighted by atomic mass is 10.1. The van der Waals surface area contributed by atoms with E-state index in [-0.39, 0.29) is 17.6 Å². The number of hydrogen-bond donors (Lipinski definition) is 2. The highest BCUT2D eigenvalue weighted by Gasteiger charge is 2.16. The summed E-state index contributed by atoms with van der Waals surface area (Å²) in [6, 6.07) is 16.7. The van der Waals surface area contributed by atoms with E-state index in [0.29, 0.717) is 11.9 Å². The molecule has 0 aliphatic rings. The van der Waals surface area contributed by atoms with E-state index in [1.54, 1.807) is 25.3 Å². The van der Waals surface area contributed by atoms with Gasteiger partial charge in [0, 0.05) is 24.2 Å². The Kier molecular flexibility index (Phi) is 4.95. The van der Waals surface area contributed by atoms with Crippen molar-refractivity contribution in [2.75, 3.05) is 6.61 Å². The standard InChI is InChI=1S/C20H20N2O3/c1-14(13-23)21-20(25)17-12-22(11-15-7-3-2-4-8-15)18-10-6-5-9-16(18)19(17)24/h2-10,12,14,23H,11,13H2,1H3,(H,21,25)/t14-/m0/s1. The molecule has 1 aromatic heterocycles. The number of carbonyl (C=O) groups is 1. The SMILES string of the molecule is C[C@@H](CO)NC(=O)c1cn(Cc2ccccc2)c2ccccc2c1=O. The molecule has 0 saturated carbocycles. The molecule has 3 aromatic rings. The number of aromatic nitrogens is 1. The third kappa shape index (κ3) is 3.61. The van der Waals surface area contributed by atoms with Gasteiger partial charge in [-0.15, -0.1) is 0 Å². The Bertz CT molecular complexity index is 948. The van der Waals surface area contributed by atoms with Gasteiger partial charge in [0.2, 0.25) is 5.43 Å². The highest BCUT2D eigenvalue weighted by atomic mass is 16.3. The lowest BCUT2D eigenvalue weighted by Crippen LogP contribution is -2.37. The molecule has 2 aromatic carbocycles. The van der Waals surface area contributed by atoms with Crippen LogP contribution in [0.4, 0.5) is 0 Å². The van der Waals surface area contributed by atoms with Gasteiger partial charge >= 0.3 is 0 Å². The fraction of sp³-hybridized carbons (Fsp3) is 0.200. The molecule has 0 saturated heterocycles. The van der Waals surface area contributed by atoms with Crippen LogP contribution in [0.25, 0.3) is 10.9 Å². The Morgan fingerprint density at radius 1 is 1.12 bits per heavy atom. The molecule has 25 heavy (non-hydrogen) atoms. The first-order chi connectivity index (χ1) is 12.1. The second-order valence-electron chi connectivity index (χ2n) is 6.06. The minimum absolute atomic E-state index is 0.0786. The Hall–Kier alpha value is -2.92. The zero-order valence-electron chi connectivity index (χ0n) is 14.0. The molecule has 0 unspecified atom stereocenters. The molecular formula is C20H20N2O3. The van der Waals surface area contributed by atoms with Crippen LogP contribution in [0.1, 0.15) is 22.8 Å². The molecule has 0 fully saturated rings. The second-order valence-corrected chi connectivity index (χ2v) is 6.06. The van der Waals surface area contributed by atoms with Crippen LogP contribution < -0.4 is 10.7 Å². The average molecular weight is 336 g/mol. The Morgan fingerprint density at radius 2 is 1.80 bits per heavy atom. The molecule has 2 N–H and O–H groups in total. The minimum Gasteiger partial charge on any atom is -0.394 e. The van der Waals surface area contributed by atoms with Crippen molar-refractivity contribution < 1.29 is 9.90 Å². The molecule has 5 nitrogen and oxygen atoms in total. The van der Waals surface area contributed by atoms with E-state index in [1.807, 2.05) is 47.0 Å². The molecular weight excluding hydrogens is 316 g/mol. The number of para-hydroxylation sites is 1. The number of carbonyl (C=O) groups excluding carboxylic acids is 1. The van der Waals surface area contributed by atoms with Crippen LogP contribution in [-0.4, -0.2) is 28.2 Å². The lowest BCUT2D eigenvalue weighted by molar-refractivity contribution is 0.0920. The molecule has 5 heteroatoms. The number of pyridine rings is 1. The topological polar surface area (TPSA) is 71.3 Å². The first kappa shape index (κ1) is 16.9. The molecule has 0 radical (unpaired) electrons. The van der Waals surface area contributed by atoms with E-state index in [1.165, 1.54) is 0 Å². The van der Waals surface area contributed by atoms with E-state index in [9.17, 15) is 9.59 Å². The molecule has 1 heterocycles. The summed E-state index contributed by atoms with van der Waals surface area (Å²) in [5.41, 5.74) is 1.63. The largest absolute Gasteiger partial charge is 0.394 e. The van der Waals surface area contributed by atoms with Crippen molar-refractivity contribution in [3.8, 4) is 0 Å². The fourth-order valence-corrected chi connectivity index (χ4v) is 2.77. The normalized spacial score (nSPS) is 12.1. The van der Waals surface area contributed by atoms with Crippen molar-refractivity contribution in [1.82, 2.24) is 9.88 Å². The van der Waals surface area contributed by atoms with Crippen LogP contribution >= 0.6 is 0 Å². The maximum Gasteiger partial charge on any atom is 0.257 e. The molecule has 128 valence electrons. The van der Waals surface area contributed by atoms with E-state index in [2.05, 4.69) is 5.32 Å². The van der Waals surface area contributed by atoms with Gasteiger partial charge in [-0.1, -0.05) is 42.5 Å². The van der Waals surface area contributed by atoms with Gasteiger partial charge in [0.1, 0.15) is 5.56 Å². The summed E-state index contributed by atoms with van der Waals surface area (Å²) in [6.45, 7) is 2.05. The first-order valence-corrected chi connectivity index (χ1v) is 8.18. The summed E-state index contributed by atoms with van der Waals surface area (Å²) < 4.78 is 1.91. The van der Waals surface area contributed by atoms with Gasteiger partial charge in [0.05, 0.1) is 12.1 Å². The monoisotopic (exact) mass is 336 g/mol. The molecule has 0 bridgehead atoms. The summed E-state index contributed by atoms with van der Waals surface area (Å²) in [6.07, 6.45) is 1.59. The number of nitrogens with one attached hydrogen (secondary N) is 1. The minimum atomic E-state index is -0.473. The third-order valence-electron chi connectivity index (χ3n) is 4.08. The predicted molar refractivity (Wildman–Crippen MR) is 97.8 cm³/mol. The van der Waals surface area contributed by atoms with Gasteiger partial charge in [-0.05, 0) is 24.6 Å². The highest BCUT2D eigenvalue weighted by Crippen LogP contribution is 2.14. The fourth-order valence-electron chi connectivity index (χ4n) is 2.77. The van der Waals surface area contributed by atoms with Gasteiger partial charge < -0.3 is 15.0 Å². The number of aliphatic hydroxyl groups excluding tert-OH is 1. The Labute approximate surface area is 145 Å². The molecule has 0 spiro atoms. The maximum atomic E-state index is 12.7. The summed E-state index contributed by atoms with van der Waals surface area (Å²) in [4.78, 5) is 25.2. The summed E-state index contributed by atoms with van der Waals surface area (Å²) in [5, 5.41) is 12.3. The van der Waals surface area contributed by atoms with Crippen molar-refractivity contribution in [2.24, 2.45) is 0 Å². The van der Waals surface area contributed by atoms with Crippen LogP contribution in [-0.2, 0) is 6.54 Å². The lowest BCUT2D eigenvalue weighted by Gasteiger charge is -2.15. The number of amides is 1. The number of hydrogen-bond acceptors (Lipinski definition) is 3. The first-order valence-electron chi connectivity index (χ1n) is 8.18. The van der Waals surface area contributed by atoms with Crippen LogP contribution in [0, 0.1) is 0 Å². The van der Waals surface area contributed by atoms with Crippen molar-refractivity contribution in [1.29, 1.82) is 0 Å². The second kappa shape index (κ2) is 7.32. The predicted octanol–water partition coefficient (Wildman–Crippen LogP) is 2.16. The van der Waals surface area contributed by atoms with Crippen molar-refractivity contribution in [3.05, 3.63) is 82.1 Å². The Morgan fingerprint density at radius 3 is 2.52 bits per heavy atom. The number of aliphatic hydroxyl groups is 1. The number of fused-ring (bicyclic) bond motifs is 1. The smallest absolute Gasteiger partial charge is 0.257 e. The van der Waals surface area contributed by atoms with Gasteiger partial charge in [-0.25, -0.2) is 0 Å². The van der Waals surface area contributed by atoms with Crippen LogP contribution in [0.2, 0.25) is 0 Å². The van der Waals surface area contributed by atoms with Crippen molar-refractivity contribution >= 4 is 16.8 Å². The molecule has 1 atom stereocenters. The quantitative estimate of drug-likeness (QED) is 0.750. The number of benzene rings is 2.